The minimum atomic E-state index is -0.944. The van der Waals surface area contributed by atoms with Gasteiger partial charge in [0.2, 0.25) is 5.91 Å². The Balaban J connectivity index is 1.95. The molecule has 1 aromatic carbocycles. The summed E-state index contributed by atoms with van der Waals surface area (Å²) in [5, 5.41) is 9.58. The lowest BCUT2D eigenvalue weighted by atomic mass is 10.1. The summed E-state index contributed by atoms with van der Waals surface area (Å²) in [4.78, 5) is 24.6. The third kappa shape index (κ3) is 3.83. The monoisotopic (exact) mass is 329 g/mol. The predicted octanol–water partition coefficient (Wildman–Crippen LogP) is 2.27. The molecule has 7 heteroatoms. The van der Waals surface area contributed by atoms with Gasteiger partial charge < -0.3 is 14.7 Å². The van der Waals surface area contributed by atoms with Gasteiger partial charge in [0.25, 0.3) is 0 Å². The van der Waals surface area contributed by atoms with Gasteiger partial charge in [-0.2, -0.15) is 0 Å². The van der Waals surface area contributed by atoms with E-state index in [2.05, 4.69) is 0 Å². The standard InChI is InChI=1S/C14H16ClNO4S/c1-20-12-4-2-9(6-10(12)15)3-5-13(17)16-8-21-7-11(16)14(18)19/h2,4,6,11H,3,5,7-8H2,1H3,(H,18,19)/t11-/m0/s1. The Hall–Kier alpha value is -1.40. The summed E-state index contributed by atoms with van der Waals surface area (Å²) in [5.41, 5.74) is 0.924. The molecule has 0 radical (unpaired) electrons. The maximum atomic E-state index is 12.1. The van der Waals surface area contributed by atoms with E-state index in [9.17, 15) is 9.59 Å². The van der Waals surface area contributed by atoms with E-state index >= 15 is 0 Å². The maximum absolute atomic E-state index is 12.1. The highest BCUT2D eigenvalue weighted by Crippen LogP contribution is 2.26. The number of aryl methyl sites for hydroxylation is 1. The molecule has 0 bridgehead atoms. The van der Waals surface area contributed by atoms with Crippen molar-refractivity contribution in [3.05, 3.63) is 28.8 Å². The van der Waals surface area contributed by atoms with Crippen molar-refractivity contribution < 1.29 is 19.4 Å². The van der Waals surface area contributed by atoms with E-state index in [1.54, 1.807) is 19.2 Å². The fourth-order valence-electron chi connectivity index (χ4n) is 2.15. The number of carboxylic acid groups (broad SMARTS) is 1. The number of carbonyl (C=O) groups excluding carboxylic acids is 1. The lowest BCUT2D eigenvalue weighted by Gasteiger charge is -2.20. The van der Waals surface area contributed by atoms with Crippen molar-refractivity contribution in [1.29, 1.82) is 0 Å². The molecule has 1 atom stereocenters. The summed E-state index contributed by atoms with van der Waals surface area (Å²) in [6.07, 6.45) is 0.795. The summed E-state index contributed by atoms with van der Waals surface area (Å²) in [5.74, 6) is 0.406. The summed E-state index contributed by atoms with van der Waals surface area (Å²) in [7, 11) is 1.54. The number of carbonyl (C=O) groups is 2. The first kappa shape index (κ1) is 16.0. The van der Waals surface area contributed by atoms with Crippen LogP contribution in [-0.2, 0) is 16.0 Å². The SMILES string of the molecule is COc1ccc(CCC(=O)N2CSC[C@H]2C(=O)O)cc1Cl. The number of aliphatic carboxylic acids is 1. The van der Waals surface area contributed by atoms with Crippen LogP contribution in [0.4, 0.5) is 0 Å². The molecule has 114 valence electrons. The molecule has 1 N–H and O–H groups in total. The molecule has 1 heterocycles. The Kier molecular flexibility index (Phi) is 5.36. The van der Waals surface area contributed by atoms with Crippen LogP contribution < -0.4 is 4.74 Å². The molecule has 0 aliphatic carbocycles. The maximum Gasteiger partial charge on any atom is 0.327 e. The van der Waals surface area contributed by atoms with Crippen LogP contribution in [0.3, 0.4) is 0 Å². The Morgan fingerprint density at radius 3 is 2.90 bits per heavy atom. The molecule has 0 saturated carbocycles. The highest BCUT2D eigenvalue weighted by Gasteiger charge is 2.34. The van der Waals surface area contributed by atoms with Crippen LogP contribution in [0.2, 0.25) is 5.02 Å². The minimum absolute atomic E-state index is 0.139. The fourth-order valence-corrected chi connectivity index (χ4v) is 3.61. The number of halogens is 1. The zero-order valence-electron chi connectivity index (χ0n) is 11.5. The molecule has 0 spiro atoms. The van der Waals surface area contributed by atoms with Gasteiger partial charge >= 0.3 is 5.97 Å². The molecular formula is C14H16ClNO4S. The predicted molar refractivity (Wildman–Crippen MR) is 81.9 cm³/mol. The molecule has 1 aliphatic heterocycles. The van der Waals surface area contributed by atoms with Gasteiger partial charge in [0.15, 0.2) is 0 Å². The number of amides is 1. The van der Waals surface area contributed by atoms with Gasteiger partial charge in [0, 0.05) is 12.2 Å². The number of carboxylic acids is 1. The van der Waals surface area contributed by atoms with Gasteiger partial charge in [0.05, 0.1) is 18.0 Å². The highest BCUT2D eigenvalue weighted by molar-refractivity contribution is 7.99. The smallest absolute Gasteiger partial charge is 0.327 e. The second-order valence-electron chi connectivity index (χ2n) is 4.69. The zero-order chi connectivity index (χ0) is 15.4. The Morgan fingerprint density at radius 2 is 2.29 bits per heavy atom. The van der Waals surface area contributed by atoms with Gasteiger partial charge in [0.1, 0.15) is 11.8 Å². The second kappa shape index (κ2) is 7.04. The average Bonchev–Trinajstić information content (AvgIpc) is 2.94. The van der Waals surface area contributed by atoms with Crippen molar-refractivity contribution in [2.24, 2.45) is 0 Å². The van der Waals surface area contributed by atoms with Crippen molar-refractivity contribution in [2.45, 2.75) is 18.9 Å². The molecule has 1 amide bonds. The van der Waals surface area contributed by atoms with Gasteiger partial charge in [-0.05, 0) is 24.1 Å². The third-order valence-corrected chi connectivity index (χ3v) is 4.64. The van der Waals surface area contributed by atoms with Crippen molar-refractivity contribution in [3.63, 3.8) is 0 Å². The lowest BCUT2D eigenvalue weighted by Crippen LogP contribution is -2.41. The van der Waals surface area contributed by atoms with Crippen molar-refractivity contribution >= 4 is 35.2 Å². The number of nitrogens with zero attached hydrogens (tertiary/aromatic N) is 1. The number of hydrogen-bond acceptors (Lipinski definition) is 4. The first-order chi connectivity index (χ1) is 10.0. The van der Waals surface area contributed by atoms with Crippen LogP contribution in [0.15, 0.2) is 18.2 Å². The van der Waals surface area contributed by atoms with Crippen LogP contribution in [0, 0.1) is 0 Å². The molecule has 1 aliphatic rings. The number of ether oxygens (including phenoxy) is 1. The lowest BCUT2D eigenvalue weighted by molar-refractivity contribution is -0.147. The number of thioether (sulfide) groups is 1. The van der Waals surface area contributed by atoms with Gasteiger partial charge in [-0.15, -0.1) is 11.8 Å². The molecule has 1 aromatic rings. The van der Waals surface area contributed by atoms with E-state index in [1.165, 1.54) is 16.7 Å². The second-order valence-corrected chi connectivity index (χ2v) is 6.09. The van der Waals surface area contributed by atoms with Gasteiger partial charge in [-0.1, -0.05) is 17.7 Å². The Bertz CT molecular complexity index is 552. The van der Waals surface area contributed by atoms with Crippen LogP contribution in [0.25, 0.3) is 0 Å². The van der Waals surface area contributed by atoms with Crippen molar-refractivity contribution in [3.8, 4) is 5.75 Å². The molecule has 0 unspecified atom stereocenters. The van der Waals surface area contributed by atoms with E-state index in [1.807, 2.05) is 6.07 Å². The zero-order valence-corrected chi connectivity index (χ0v) is 13.1. The quantitative estimate of drug-likeness (QED) is 0.897. The Morgan fingerprint density at radius 1 is 1.52 bits per heavy atom. The Labute approximate surface area is 132 Å². The molecule has 1 saturated heterocycles. The normalized spacial score (nSPS) is 17.8. The summed E-state index contributed by atoms with van der Waals surface area (Å²) in [6.45, 7) is 0. The van der Waals surface area contributed by atoms with Gasteiger partial charge in [-0.3, -0.25) is 4.79 Å². The first-order valence-electron chi connectivity index (χ1n) is 6.45. The largest absolute Gasteiger partial charge is 0.495 e. The molecular weight excluding hydrogens is 314 g/mol. The number of hydrogen-bond donors (Lipinski definition) is 1. The summed E-state index contributed by atoms with van der Waals surface area (Å²) in [6, 6.07) is 4.67. The minimum Gasteiger partial charge on any atom is -0.495 e. The van der Waals surface area contributed by atoms with E-state index in [0.717, 1.165) is 5.56 Å². The highest BCUT2D eigenvalue weighted by atomic mass is 35.5. The average molecular weight is 330 g/mol. The van der Waals surface area contributed by atoms with Crippen LogP contribution in [-0.4, -0.2) is 46.7 Å². The molecule has 21 heavy (non-hydrogen) atoms. The van der Waals surface area contributed by atoms with E-state index in [-0.39, 0.29) is 12.3 Å². The third-order valence-electron chi connectivity index (χ3n) is 3.33. The summed E-state index contributed by atoms with van der Waals surface area (Å²) < 4.78 is 5.07. The van der Waals surface area contributed by atoms with E-state index < -0.39 is 12.0 Å². The molecule has 1 fully saturated rings. The van der Waals surface area contributed by atoms with E-state index in [0.29, 0.717) is 28.8 Å². The van der Waals surface area contributed by atoms with Crippen LogP contribution in [0.1, 0.15) is 12.0 Å². The molecule has 2 rings (SSSR count). The number of methoxy groups -OCH3 is 1. The molecule has 0 aromatic heterocycles. The van der Waals surface area contributed by atoms with Crippen molar-refractivity contribution in [1.82, 2.24) is 4.90 Å². The number of benzene rings is 1. The summed E-state index contributed by atoms with van der Waals surface area (Å²) >= 11 is 7.50. The van der Waals surface area contributed by atoms with Gasteiger partial charge in [-0.25, -0.2) is 4.79 Å². The number of rotatable bonds is 5. The van der Waals surface area contributed by atoms with Crippen LogP contribution >= 0.6 is 23.4 Å². The topological polar surface area (TPSA) is 66.8 Å². The van der Waals surface area contributed by atoms with E-state index in [4.69, 9.17) is 21.4 Å². The fraction of sp³-hybridized carbons (Fsp3) is 0.429. The first-order valence-corrected chi connectivity index (χ1v) is 7.98. The van der Waals surface area contributed by atoms with Crippen LogP contribution in [0.5, 0.6) is 5.75 Å². The van der Waals surface area contributed by atoms with Crippen molar-refractivity contribution in [2.75, 3.05) is 18.7 Å². The molecule has 5 nitrogen and oxygen atoms in total.